The molecule has 6 nitrogen and oxygen atoms in total. The smallest absolute Gasteiger partial charge is 0.324 e. The van der Waals surface area contributed by atoms with Crippen LogP contribution in [-0.2, 0) is 17.5 Å². The fraction of sp³-hybridized carbons (Fsp3) is 0.154. The Bertz CT molecular complexity index is 808. The zero-order valence-electron chi connectivity index (χ0n) is 11.0. The van der Waals surface area contributed by atoms with Gasteiger partial charge in [-0.1, -0.05) is 6.07 Å². The minimum atomic E-state index is -4.53. The van der Waals surface area contributed by atoms with Crippen LogP contribution in [0.1, 0.15) is 5.56 Å². The van der Waals surface area contributed by atoms with Gasteiger partial charge in [-0.2, -0.15) is 13.2 Å². The van der Waals surface area contributed by atoms with Crippen molar-refractivity contribution in [3.05, 3.63) is 62.7 Å². The second-order valence-electron chi connectivity index (χ2n) is 4.36. The summed E-state index contributed by atoms with van der Waals surface area (Å²) < 4.78 is 38.4. The molecule has 9 heteroatoms. The van der Waals surface area contributed by atoms with Gasteiger partial charge in [0, 0.05) is 17.8 Å². The van der Waals surface area contributed by atoms with Gasteiger partial charge in [-0.15, -0.1) is 0 Å². The van der Waals surface area contributed by atoms with E-state index in [-0.39, 0.29) is 5.69 Å². The molecule has 0 unspecified atom stereocenters. The van der Waals surface area contributed by atoms with Crippen LogP contribution in [0.15, 0.2) is 46.0 Å². The van der Waals surface area contributed by atoms with E-state index >= 15 is 0 Å². The van der Waals surface area contributed by atoms with Crippen molar-refractivity contribution in [2.75, 3.05) is 5.32 Å². The van der Waals surface area contributed by atoms with E-state index in [1.807, 2.05) is 0 Å². The number of nitrogens with one attached hydrogen (secondary N) is 2. The molecule has 0 aliphatic heterocycles. The molecular weight excluding hydrogens is 303 g/mol. The van der Waals surface area contributed by atoms with Crippen LogP contribution < -0.4 is 16.4 Å². The lowest BCUT2D eigenvalue weighted by Crippen LogP contribution is -2.32. The van der Waals surface area contributed by atoms with E-state index in [4.69, 9.17) is 0 Å². The first kappa shape index (κ1) is 15.5. The summed E-state index contributed by atoms with van der Waals surface area (Å²) in [5.41, 5.74) is -2.16. The maximum absolute atomic E-state index is 12.6. The lowest BCUT2D eigenvalue weighted by molar-refractivity contribution is -0.137. The van der Waals surface area contributed by atoms with Crippen LogP contribution in [0.5, 0.6) is 0 Å². The van der Waals surface area contributed by atoms with Crippen molar-refractivity contribution in [1.29, 1.82) is 0 Å². The number of anilines is 1. The first-order valence-electron chi connectivity index (χ1n) is 6.03. The second kappa shape index (κ2) is 5.88. The maximum atomic E-state index is 12.6. The van der Waals surface area contributed by atoms with Crippen LogP contribution in [0.3, 0.4) is 0 Å². The van der Waals surface area contributed by atoms with Gasteiger partial charge in [-0.3, -0.25) is 19.5 Å². The highest BCUT2D eigenvalue weighted by Crippen LogP contribution is 2.30. The normalized spacial score (nSPS) is 11.2. The van der Waals surface area contributed by atoms with Gasteiger partial charge in [-0.05, 0) is 18.2 Å². The molecule has 22 heavy (non-hydrogen) atoms. The largest absolute Gasteiger partial charge is 0.416 e. The number of H-pyrrole nitrogens is 1. The Labute approximate surface area is 121 Å². The fourth-order valence-electron chi connectivity index (χ4n) is 1.70. The molecule has 116 valence electrons. The van der Waals surface area contributed by atoms with Crippen molar-refractivity contribution < 1.29 is 18.0 Å². The van der Waals surface area contributed by atoms with Crippen LogP contribution in [0, 0.1) is 0 Å². The lowest BCUT2D eigenvalue weighted by atomic mass is 10.2. The van der Waals surface area contributed by atoms with Crippen LogP contribution in [0.4, 0.5) is 18.9 Å². The van der Waals surface area contributed by atoms with Gasteiger partial charge >= 0.3 is 6.18 Å². The van der Waals surface area contributed by atoms with E-state index < -0.39 is 35.3 Å². The third-order valence-electron chi connectivity index (χ3n) is 2.66. The van der Waals surface area contributed by atoms with Gasteiger partial charge in [-0.25, -0.2) is 4.68 Å². The van der Waals surface area contributed by atoms with Gasteiger partial charge in [0.05, 0.1) is 5.56 Å². The lowest BCUT2D eigenvalue weighted by Gasteiger charge is -2.10. The molecule has 0 bridgehead atoms. The molecule has 0 spiro atoms. The van der Waals surface area contributed by atoms with Gasteiger partial charge < -0.3 is 5.32 Å². The average Bonchev–Trinajstić information content (AvgIpc) is 2.42. The molecule has 1 amide bonds. The minimum absolute atomic E-state index is 0.0637. The van der Waals surface area contributed by atoms with Crippen LogP contribution in [0.25, 0.3) is 0 Å². The topological polar surface area (TPSA) is 84.0 Å². The Morgan fingerprint density at radius 2 is 1.91 bits per heavy atom. The summed E-state index contributed by atoms with van der Waals surface area (Å²) in [5, 5.41) is 4.36. The van der Waals surface area contributed by atoms with E-state index in [1.54, 1.807) is 0 Å². The average molecular weight is 313 g/mol. The molecule has 2 N–H and O–H groups in total. The zero-order valence-corrected chi connectivity index (χ0v) is 11.0. The molecule has 2 rings (SSSR count). The summed E-state index contributed by atoms with van der Waals surface area (Å²) in [6, 6.07) is 6.06. The minimum Gasteiger partial charge on any atom is -0.324 e. The van der Waals surface area contributed by atoms with E-state index in [2.05, 4.69) is 10.4 Å². The molecular formula is C13H10F3N3O3. The summed E-state index contributed by atoms with van der Waals surface area (Å²) >= 11 is 0. The van der Waals surface area contributed by atoms with Crippen LogP contribution in [0.2, 0.25) is 0 Å². The van der Waals surface area contributed by atoms with Crippen molar-refractivity contribution in [3.8, 4) is 0 Å². The number of carbonyl (C=O) groups excluding carboxylic acids is 1. The van der Waals surface area contributed by atoms with Crippen molar-refractivity contribution in [3.63, 3.8) is 0 Å². The number of amides is 1. The Hall–Kier alpha value is -2.84. The number of aromatic amines is 1. The first-order valence-corrected chi connectivity index (χ1v) is 6.03. The SMILES string of the molecule is O=C(Cn1[nH]c(=O)ccc1=O)Nc1cccc(C(F)(F)F)c1. The summed E-state index contributed by atoms with van der Waals surface area (Å²) in [4.78, 5) is 34.2. The van der Waals surface area contributed by atoms with E-state index in [0.29, 0.717) is 0 Å². The molecule has 0 fully saturated rings. The number of hydrogen-bond acceptors (Lipinski definition) is 3. The molecule has 1 aromatic heterocycles. The number of hydrogen-bond donors (Lipinski definition) is 2. The number of rotatable bonds is 3. The Kier molecular flexibility index (Phi) is 4.15. The highest BCUT2D eigenvalue weighted by Gasteiger charge is 2.30. The summed E-state index contributed by atoms with van der Waals surface area (Å²) in [7, 11) is 0. The van der Waals surface area contributed by atoms with Crippen LogP contribution >= 0.6 is 0 Å². The number of carbonyl (C=O) groups is 1. The highest BCUT2D eigenvalue weighted by atomic mass is 19.4. The first-order chi connectivity index (χ1) is 10.3. The molecule has 1 heterocycles. The number of aromatic nitrogens is 2. The van der Waals surface area contributed by atoms with E-state index in [1.165, 1.54) is 6.07 Å². The highest BCUT2D eigenvalue weighted by molar-refractivity contribution is 5.90. The predicted molar refractivity (Wildman–Crippen MR) is 71.4 cm³/mol. The number of alkyl halides is 3. The monoisotopic (exact) mass is 313 g/mol. The summed E-state index contributed by atoms with van der Waals surface area (Å²) in [5.74, 6) is -0.747. The third kappa shape index (κ3) is 3.84. The Morgan fingerprint density at radius 3 is 2.59 bits per heavy atom. The van der Waals surface area contributed by atoms with E-state index in [9.17, 15) is 27.6 Å². The Morgan fingerprint density at radius 1 is 1.18 bits per heavy atom. The quantitative estimate of drug-likeness (QED) is 0.893. The van der Waals surface area contributed by atoms with Gasteiger partial charge in [0.15, 0.2) is 0 Å². The number of benzene rings is 1. The second-order valence-corrected chi connectivity index (χ2v) is 4.36. The Balaban J connectivity index is 2.14. The molecule has 2 aromatic rings. The van der Waals surface area contributed by atoms with Gasteiger partial charge in [0.25, 0.3) is 11.1 Å². The van der Waals surface area contributed by atoms with Crippen molar-refractivity contribution in [1.82, 2.24) is 9.78 Å². The molecule has 0 saturated heterocycles. The van der Waals surface area contributed by atoms with Crippen LogP contribution in [-0.4, -0.2) is 15.7 Å². The van der Waals surface area contributed by atoms with Gasteiger partial charge in [0.1, 0.15) is 6.54 Å². The maximum Gasteiger partial charge on any atom is 0.416 e. The van der Waals surface area contributed by atoms with Gasteiger partial charge in [0.2, 0.25) is 5.91 Å². The molecule has 0 atom stereocenters. The van der Waals surface area contributed by atoms with Crippen molar-refractivity contribution in [2.24, 2.45) is 0 Å². The molecule has 0 aliphatic rings. The number of halogens is 3. The molecule has 0 saturated carbocycles. The zero-order chi connectivity index (χ0) is 16.3. The number of nitrogens with zero attached hydrogens (tertiary/aromatic N) is 1. The predicted octanol–water partition coefficient (Wildman–Crippen LogP) is 1.19. The summed E-state index contributed by atoms with van der Waals surface area (Å²) in [6.45, 7) is -0.523. The molecule has 0 aliphatic carbocycles. The standard InChI is InChI=1S/C13H10F3N3O3/c14-13(15,16)8-2-1-3-9(6-8)17-11(21)7-19-12(22)5-4-10(20)18-19/h1-6H,7H2,(H,17,21)(H,18,20). The van der Waals surface area contributed by atoms with Crippen molar-refractivity contribution >= 4 is 11.6 Å². The van der Waals surface area contributed by atoms with E-state index in [0.717, 1.165) is 35.0 Å². The molecule has 0 radical (unpaired) electrons. The third-order valence-corrected chi connectivity index (χ3v) is 2.66. The summed E-state index contributed by atoms with van der Waals surface area (Å²) in [6.07, 6.45) is -4.53. The molecule has 1 aromatic carbocycles. The fourth-order valence-corrected chi connectivity index (χ4v) is 1.70. The van der Waals surface area contributed by atoms with Crippen molar-refractivity contribution in [2.45, 2.75) is 12.7 Å².